The number of nitrogens with zero attached hydrogens (tertiary/aromatic N) is 3. The summed E-state index contributed by atoms with van der Waals surface area (Å²) < 4.78 is 6.93. The Bertz CT molecular complexity index is 1130. The Hall–Kier alpha value is -3.48. The topological polar surface area (TPSA) is 89.9 Å². The highest BCUT2D eigenvalue weighted by molar-refractivity contribution is 6.09. The highest BCUT2D eigenvalue weighted by atomic mass is 16.5. The van der Waals surface area contributed by atoms with Gasteiger partial charge in [0, 0.05) is 29.2 Å². The minimum Gasteiger partial charge on any atom is -0.454 e. The molecule has 0 saturated carbocycles. The van der Waals surface area contributed by atoms with Crippen LogP contribution in [0.1, 0.15) is 27.6 Å². The third-order valence-corrected chi connectivity index (χ3v) is 4.27. The van der Waals surface area contributed by atoms with E-state index in [1.165, 1.54) is 0 Å². The number of fused-ring (bicyclic) bond motifs is 2. The van der Waals surface area contributed by atoms with Crippen molar-refractivity contribution in [1.29, 1.82) is 0 Å². The van der Waals surface area contributed by atoms with Gasteiger partial charge in [-0.25, -0.2) is 9.48 Å². The number of H-pyrrole nitrogens is 1. The molecule has 2 heterocycles. The van der Waals surface area contributed by atoms with Crippen molar-refractivity contribution < 1.29 is 14.3 Å². The zero-order chi connectivity index (χ0) is 18.1. The van der Waals surface area contributed by atoms with Gasteiger partial charge < -0.3 is 9.72 Å². The van der Waals surface area contributed by atoms with Gasteiger partial charge in [-0.1, -0.05) is 23.4 Å². The highest BCUT2D eigenvalue weighted by Gasteiger charge is 2.16. The third kappa shape index (κ3) is 2.73. The van der Waals surface area contributed by atoms with Crippen LogP contribution in [0.2, 0.25) is 0 Å². The lowest BCUT2D eigenvalue weighted by Crippen LogP contribution is -2.14. The van der Waals surface area contributed by atoms with Crippen LogP contribution in [0.25, 0.3) is 21.9 Å². The molecule has 0 fully saturated rings. The van der Waals surface area contributed by atoms with Crippen molar-refractivity contribution >= 4 is 33.7 Å². The molecule has 2 aromatic carbocycles. The van der Waals surface area contributed by atoms with Gasteiger partial charge in [-0.2, -0.15) is 0 Å². The molecule has 1 N–H and O–H groups in total. The van der Waals surface area contributed by atoms with Gasteiger partial charge in [0.25, 0.3) is 0 Å². The lowest BCUT2D eigenvalue weighted by molar-refractivity contribution is 0.0475. The van der Waals surface area contributed by atoms with Crippen LogP contribution in [0.5, 0.6) is 0 Å². The molecule has 2 aromatic heterocycles. The normalized spacial score (nSPS) is 11.1. The SMILES string of the molecule is CCn1nnc2cc(C(=O)OCC(=O)c3c[nH]c4ccccc34)ccc21. The summed E-state index contributed by atoms with van der Waals surface area (Å²) in [5.74, 6) is -0.819. The van der Waals surface area contributed by atoms with E-state index in [0.29, 0.717) is 23.2 Å². The number of aromatic nitrogens is 4. The van der Waals surface area contributed by atoms with Gasteiger partial charge in [-0.15, -0.1) is 5.10 Å². The molecule has 4 rings (SSSR count). The Morgan fingerprint density at radius 3 is 2.88 bits per heavy atom. The van der Waals surface area contributed by atoms with Gasteiger partial charge in [0.2, 0.25) is 5.78 Å². The molecule has 0 aliphatic rings. The van der Waals surface area contributed by atoms with E-state index in [2.05, 4.69) is 15.3 Å². The molecule has 0 amide bonds. The first-order valence-electron chi connectivity index (χ1n) is 8.27. The Balaban J connectivity index is 1.49. The monoisotopic (exact) mass is 348 g/mol. The van der Waals surface area contributed by atoms with Crippen LogP contribution >= 0.6 is 0 Å². The third-order valence-electron chi connectivity index (χ3n) is 4.27. The van der Waals surface area contributed by atoms with E-state index in [9.17, 15) is 9.59 Å². The molecule has 7 heteroatoms. The summed E-state index contributed by atoms with van der Waals surface area (Å²) in [6.07, 6.45) is 1.63. The summed E-state index contributed by atoms with van der Waals surface area (Å²) in [4.78, 5) is 27.7. The van der Waals surface area contributed by atoms with Crippen molar-refractivity contribution in [2.45, 2.75) is 13.5 Å². The van der Waals surface area contributed by atoms with Crippen LogP contribution < -0.4 is 0 Å². The number of ether oxygens (including phenoxy) is 1. The van der Waals surface area contributed by atoms with Crippen LogP contribution in [0.4, 0.5) is 0 Å². The van der Waals surface area contributed by atoms with Gasteiger partial charge in [0.1, 0.15) is 5.52 Å². The predicted molar refractivity (Wildman–Crippen MR) is 96.1 cm³/mol. The predicted octanol–water partition coefficient (Wildman–Crippen LogP) is 2.97. The lowest BCUT2D eigenvalue weighted by Gasteiger charge is -2.04. The van der Waals surface area contributed by atoms with Crippen molar-refractivity contribution in [2.75, 3.05) is 6.61 Å². The Morgan fingerprint density at radius 1 is 1.19 bits per heavy atom. The molecule has 0 aliphatic heterocycles. The van der Waals surface area contributed by atoms with Gasteiger partial charge in [0.05, 0.1) is 11.1 Å². The first-order valence-corrected chi connectivity index (χ1v) is 8.27. The molecule has 4 aromatic rings. The minimum atomic E-state index is -0.564. The fourth-order valence-corrected chi connectivity index (χ4v) is 2.93. The van der Waals surface area contributed by atoms with Crippen molar-refractivity contribution in [1.82, 2.24) is 20.0 Å². The van der Waals surface area contributed by atoms with Crippen LogP contribution in [0, 0.1) is 0 Å². The van der Waals surface area contributed by atoms with E-state index in [4.69, 9.17) is 4.74 Å². The molecule has 0 radical (unpaired) electrons. The summed E-state index contributed by atoms with van der Waals surface area (Å²) in [5, 5.41) is 8.86. The molecule has 7 nitrogen and oxygen atoms in total. The van der Waals surface area contributed by atoms with E-state index >= 15 is 0 Å². The fourth-order valence-electron chi connectivity index (χ4n) is 2.93. The van der Waals surface area contributed by atoms with E-state index in [1.54, 1.807) is 29.1 Å². The second kappa shape index (κ2) is 6.44. The number of benzene rings is 2. The maximum absolute atomic E-state index is 12.4. The van der Waals surface area contributed by atoms with Crippen LogP contribution in [-0.2, 0) is 11.3 Å². The Kier molecular flexibility index (Phi) is 3.96. The Labute approximate surface area is 148 Å². The number of rotatable bonds is 5. The number of aromatic amines is 1. The number of hydrogen-bond acceptors (Lipinski definition) is 5. The molecule has 0 spiro atoms. The zero-order valence-corrected chi connectivity index (χ0v) is 14.1. The smallest absolute Gasteiger partial charge is 0.338 e. The number of ketones is 1. The molecule has 0 atom stereocenters. The fraction of sp³-hybridized carbons (Fsp3) is 0.158. The second-order valence-corrected chi connectivity index (χ2v) is 5.86. The largest absolute Gasteiger partial charge is 0.454 e. The van der Waals surface area contributed by atoms with E-state index in [0.717, 1.165) is 16.4 Å². The minimum absolute atomic E-state index is 0.256. The number of carbonyl (C=O) groups excluding carboxylic acids is 2. The quantitative estimate of drug-likeness (QED) is 0.442. The molecule has 26 heavy (non-hydrogen) atoms. The zero-order valence-electron chi connectivity index (χ0n) is 14.1. The summed E-state index contributed by atoms with van der Waals surface area (Å²) in [6, 6.07) is 12.5. The molecule has 0 unspecified atom stereocenters. The van der Waals surface area contributed by atoms with Crippen molar-refractivity contribution in [3.05, 3.63) is 59.8 Å². The van der Waals surface area contributed by atoms with Crippen molar-refractivity contribution in [3.63, 3.8) is 0 Å². The van der Waals surface area contributed by atoms with Crippen molar-refractivity contribution in [3.8, 4) is 0 Å². The van der Waals surface area contributed by atoms with Crippen LogP contribution in [0.15, 0.2) is 48.7 Å². The van der Waals surface area contributed by atoms with Gasteiger partial charge in [0.15, 0.2) is 6.61 Å². The van der Waals surface area contributed by atoms with Gasteiger partial charge >= 0.3 is 5.97 Å². The maximum atomic E-state index is 12.4. The van der Waals surface area contributed by atoms with E-state index < -0.39 is 5.97 Å². The molecule has 0 saturated heterocycles. The number of nitrogens with one attached hydrogen (secondary N) is 1. The summed E-state index contributed by atoms with van der Waals surface area (Å²) in [7, 11) is 0. The highest BCUT2D eigenvalue weighted by Crippen LogP contribution is 2.19. The van der Waals surface area contributed by atoms with Crippen LogP contribution in [-0.4, -0.2) is 38.3 Å². The summed E-state index contributed by atoms with van der Waals surface area (Å²) in [6.45, 7) is 2.34. The molecule has 0 bridgehead atoms. The van der Waals surface area contributed by atoms with Crippen molar-refractivity contribution in [2.24, 2.45) is 0 Å². The van der Waals surface area contributed by atoms with E-state index in [1.807, 2.05) is 31.2 Å². The summed E-state index contributed by atoms with van der Waals surface area (Å²) in [5.41, 5.74) is 3.18. The second-order valence-electron chi connectivity index (χ2n) is 5.86. The van der Waals surface area contributed by atoms with E-state index in [-0.39, 0.29) is 12.4 Å². The number of esters is 1. The van der Waals surface area contributed by atoms with Gasteiger partial charge in [-0.05, 0) is 31.2 Å². The maximum Gasteiger partial charge on any atom is 0.338 e. The number of aryl methyl sites for hydroxylation is 1. The lowest BCUT2D eigenvalue weighted by atomic mass is 10.1. The first-order chi connectivity index (χ1) is 12.7. The molecule has 0 aliphatic carbocycles. The standard InChI is InChI=1S/C19H16N4O3/c1-2-23-17-8-7-12(9-16(17)21-22-23)19(25)26-11-18(24)14-10-20-15-6-4-3-5-13(14)15/h3-10,20H,2,11H2,1H3. The average molecular weight is 348 g/mol. The number of Topliss-reactive ketones (excluding diaryl/α,β-unsaturated/α-hetero) is 1. The number of hydrogen-bond donors (Lipinski definition) is 1. The van der Waals surface area contributed by atoms with Gasteiger partial charge in [-0.3, -0.25) is 4.79 Å². The number of carbonyl (C=O) groups is 2. The number of para-hydroxylation sites is 1. The first kappa shape index (κ1) is 16.0. The molecular weight excluding hydrogens is 332 g/mol. The summed E-state index contributed by atoms with van der Waals surface area (Å²) >= 11 is 0. The van der Waals surface area contributed by atoms with Crippen LogP contribution in [0.3, 0.4) is 0 Å². The molecular formula is C19H16N4O3. The average Bonchev–Trinajstić information content (AvgIpc) is 3.29. The Morgan fingerprint density at radius 2 is 2.04 bits per heavy atom. The molecule has 130 valence electrons.